The number of carbonyl (C=O) groups is 1. The van der Waals surface area contributed by atoms with Crippen molar-refractivity contribution in [2.75, 3.05) is 19.8 Å². The highest BCUT2D eigenvalue weighted by Gasteiger charge is 2.50. The Bertz CT molecular complexity index is 375. The summed E-state index contributed by atoms with van der Waals surface area (Å²) in [5.41, 5.74) is -0.832. The van der Waals surface area contributed by atoms with Crippen LogP contribution in [0.3, 0.4) is 0 Å². The Labute approximate surface area is 120 Å². The first-order valence-corrected chi connectivity index (χ1v) is 8.21. The predicted molar refractivity (Wildman–Crippen MR) is 73.9 cm³/mol. The molecule has 4 heteroatoms. The lowest BCUT2D eigenvalue weighted by Gasteiger charge is -2.53. The van der Waals surface area contributed by atoms with E-state index in [0.29, 0.717) is 38.0 Å². The SMILES string of the molecule is O=C(NCC1(O)CCOC1)C1C2CC3CC(C2)CC1C3. The standard InChI is InChI=1S/C16H25NO3/c18-15(17-8-16(19)1-2-20-9-16)14-12-4-10-3-11(6-12)7-13(14)5-10/h10-14,19H,1-9H2,(H,17,18). The number of amides is 1. The fraction of sp³-hybridized carbons (Fsp3) is 0.938. The Balaban J connectivity index is 1.39. The van der Waals surface area contributed by atoms with E-state index >= 15 is 0 Å². The van der Waals surface area contributed by atoms with Crippen LogP contribution in [0.2, 0.25) is 0 Å². The highest BCUT2D eigenvalue weighted by molar-refractivity contribution is 5.79. The fourth-order valence-corrected chi connectivity index (χ4v) is 5.46. The van der Waals surface area contributed by atoms with Crippen LogP contribution in [0.4, 0.5) is 0 Å². The van der Waals surface area contributed by atoms with E-state index in [0.717, 1.165) is 11.8 Å². The number of carbonyl (C=O) groups excluding carboxylic acids is 1. The van der Waals surface area contributed by atoms with Crippen LogP contribution < -0.4 is 5.32 Å². The van der Waals surface area contributed by atoms with Gasteiger partial charge < -0.3 is 15.2 Å². The van der Waals surface area contributed by atoms with E-state index in [-0.39, 0.29) is 11.8 Å². The maximum absolute atomic E-state index is 12.6. The van der Waals surface area contributed by atoms with E-state index in [1.807, 2.05) is 0 Å². The molecule has 4 aliphatic carbocycles. The molecular weight excluding hydrogens is 254 g/mol. The first-order valence-electron chi connectivity index (χ1n) is 8.21. The molecule has 4 nitrogen and oxygen atoms in total. The number of nitrogens with one attached hydrogen (secondary N) is 1. The van der Waals surface area contributed by atoms with Gasteiger partial charge in [0, 0.05) is 25.5 Å². The van der Waals surface area contributed by atoms with Gasteiger partial charge in [-0.05, 0) is 55.8 Å². The predicted octanol–water partition coefficient (Wildman–Crippen LogP) is 1.33. The zero-order valence-electron chi connectivity index (χ0n) is 12.0. The third-order valence-electron chi connectivity index (χ3n) is 6.20. The molecule has 20 heavy (non-hydrogen) atoms. The Morgan fingerprint density at radius 1 is 1.15 bits per heavy atom. The van der Waals surface area contributed by atoms with Crippen molar-refractivity contribution < 1.29 is 14.6 Å². The van der Waals surface area contributed by atoms with Crippen LogP contribution in [0.15, 0.2) is 0 Å². The summed E-state index contributed by atoms with van der Waals surface area (Å²) in [6, 6.07) is 0. The molecule has 0 aromatic heterocycles. The van der Waals surface area contributed by atoms with Gasteiger partial charge in [0.1, 0.15) is 5.60 Å². The molecule has 5 rings (SSSR count). The average Bonchev–Trinajstić information content (AvgIpc) is 2.83. The summed E-state index contributed by atoms with van der Waals surface area (Å²) in [5.74, 6) is 3.43. The summed E-state index contributed by atoms with van der Waals surface area (Å²) in [6.45, 7) is 1.31. The third-order valence-corrected chi connectivity index (χ3v) is 6.20. The molecule has 1 heterocycles. The second-order valence-corrected chi connectivity index (χ2v) is 7.70. The van der Waals surface area contributed by atoms with Crippen LogP contribution in [-0.4, -0.2) is 36.4 Å². The van der Waals surface area contributed by atoms with E-state index in [9.17, 15) is 9.90 Å². The summed E-state index contributed by atoms with van der Waals surface area (Å²) < 4.78 is 5.23. The maximum Gasteiger partial charge on any atom is 0.223 e. The quantitative estimate of drug-likeness (QED) is 0.819. The maximum atomic E-state index is 12.6. The smallest absolute Gasteiger partial charge is 0.223 e. The summed E-state index contributed by atoms with van der Waals surface area (Å²) in [4.78, 5) is 12.6. The van der Waals surface area contributed by atoms with Crippen molar-refractivity contribution in [2.24, 2.45) is 29.6 Å². The first-order chi connectivity index (χ1) is 9.63. The topological polar surface area (TPSA) is 58.6 Å². The molecule has 0 aromatic rings. The molecule has 5 fully saturated rings. The Kier molecular flexibility index (Phi) is 3.08. The lowest BCUT2D eigenvalue weighted by Crippen LogP contribution is -2.53. The van der Waals surface area contributed by atoms with Crippen LogP contribution in [0.5, 0.6) is 0 Å². The number of hydrogen-bond donors (Lipinski definition) is 2. The minimum Gasteiger partial charge on any atom is -0.386 e. The summed E-state index contributed by atoms with van der Waals surface area (Å²) in [6.07, 6.45) is 7.10. The third kappa shape index (κ3) is 2.17. The zero-order valence-corrected chi connectivity index (χ0v) is 12.0. The van der Waals surface area contributed by atoms with Crippen molar-refractivity contribution in [1.82, 2.24) is 5.32 Å². The zero-order chi connectivity index (χ0) is 13.7. The molecule has 1 saturated heterocycles. The lowest BCUT2D eigenvalue weighted by atomic mass is 9.51. The second-order valence-electron chi connectivity index (χ2n) is 7.70. The highest BCUT2D eigenvalue weighted by Crippen LogP contribution is 2.56. The molecular formula is C16H25NO3. The van der Waals surface area contributed by atoms with Gasteiger partial charge in [-0.1, -0.05) is 0 Å². The Morgan fingerprint density at radius 2 is 1.80 bits per heavy atom. The highest BCUT2D eigenvalue weighted by atomic mass is 16.5. The Hall–Kier alpha value is -0.610. The van der Waals surface area contributed by atoms with Gasteiger partial charge in [-0.3, -0.25) is 4.79 Å². The van der Waals surface area contributed by atoms with Crippen molar-refractivity contribution in [2.45, 2.75) is 44.1 Å². The Morgan fingerprint density at radius 3 is 2.35 bits per heavy atom. The van der Waals surface area contributed by atoms with Gasteiger partial charge in [-0.2, -0.15) is 0 Å². The average molecular weight is 279 g/mol. The van der Waals surface area contributed by atoms with Crippen LogP contribution in [0.1, 0.15) is 38.5 Å². The minimum absolute atomic E-state index is 0.194. The minimum atomic E-state index is -0.832. The number of hydrogen-bond acceptors (Lipinski definition) is 3. The molecule has 5 aliphatic rings. The van der Waals surface area contributed by atoms with Crippen molar-refractivity contribution in [3.05, 3.63) is 0 Å². The van der Waals surface area contributed by atoms with Gasteiger partial charge in [0.25, 0.3) is 0 Å². The van der Waals surface area contributed by atoms with Gasteiger partial charge in [-0.25, -0.2) is 0 Å². The molecule has 4 saturated carbocycles. The van der Waals surface area contributed by atoms with Gasteiger partial charge in [0.2, 0.25) is 5.91 Å². The molecule has 0 spiro atoms. The molecule has 1 atom stereocenters. The fourth-order valence-electron chi connectivity index (χ4n) is 5.46. The van der Waals surface area contributed by atoms with Crippen LogP contribution in [0.25, 0.3) is 0 Å². The van der Waals surface area contributed by atoms with E-state index in [4.69, 9.17) is 4.74 Å². The van der Waals surface area contributed by atoms with Gasteiger partial charge in [0.05, 0.1) is 6.61 Å². The van der Waals surface area contributed by atoms with E-state index in [1.165, 1.54) is 32.1 Å². The van der Waals surface area contributed by atoms with Gasteiger partial charge >= 0.3 is 0 Å². The van der Waals surface area contributed by atoms with Crippen molar-refractivity contribution in [3.63, 3.8) is 0 Å². The summed E-state index contributed by atoms with van der Waals surface area (Å²) in [5, 5.41) is 13.3. The van der Waals surface area contributed by atoms with E-state index in [1.54, 1.807) is 0 Å². The van der Waals surface area contributed by atoms with Crippen molar-refractivity contribution in [3.8, 4) is 0 Å². The molecule has 2 N–H and O–H groups in total. The molecule has 4 bridgehead atoms. The van der Waals surface area contributed by atoms with E-state index in [2.05, 4.69) is 5.32 Å². The lowest BCUT2D eigenvalue weighted by molar-refractivity contribution is -0.139. The monoisotopic (exact) mass is 279 g/mol. The van der Waals surface area contributed by atoms with Gasteiger partial charge in [0.15, 0.2) is 0 Å². The van der Waals surface area contributed by atoms with Gasteiger partial charge in [-0.15, -0.1) is 0 Å². The van der Waals surface area contributed by atoms with Crippen molar-refractivity contribution >= 4 is 5.91 Å². The summed E-state index contributed by atoms with van der Waals surface area (Å²) >= 11 is 0. The second kappa shape index (κ2) is 4.70. The van der Waals surface area contributed by atoms with Crippen LogP contribution >= 0.6 is 0 Å². The van der Waals surface area contributed by atoms with E-state index < -0.39 is 5.60 Å². The first kappa shape index (κ1) is 13.1. The summed E-state index contributed by atoms with van der Waals surface area (Å²) in [7, 11) is 0. The van der Waals surface area contributed by atoms with Crippen LogP contribution in [0, 0.1) is 29.6 Å². The van der Waals surface area contributed by atoms with Crippen molar-refractivity contribution in [1.29, 1.82) is 0 Å². The molecule has 112 valence electrons. The normalized spacial score (nSPS) is 49.5. The number of rotatable bonds is 3. The largest absolute Gasteiger partial charge is 0.386 e. The molecule has 1 unspecified atom stereocenters. The molecule has 0 radical (unpaired) electrons. The molecule has 0 aromatic carbocycles. The number of aliphatic hydroxyl groups is 1. The molecule has 1 amide bonds. The van der Waals surface area contributed by atoms with Crippen LogP contribution in [-0.2, 0) is 9.53 Å². The molecule has 1 aliphatic heterocycles. The number of ether oxygens (including phenoxy) is 1.